The van der Waals surface area contributed by atoms with Gasteiger partial charge < -0.3 is 35.1 Å². The summed E-state index contributed by atoms with van der Waals surface area (Å²) in [6, 6.07) is 1.35. The van der Waals surface area contributed by atoms with Crippen LogP contribution in [0.15, 0.2) is 0 Å². The summed E-state index contributed by atoms with van der Waals surface area (Å²) in [5, 5.41) is 8.72. The molecule has 0 aromatic heterocycles. The molecule has 3 saturated carbocycles. The molecule has 3 amide bonds. The number of piperidine rings is 2. The molecule has 3 heterocycles. The quantitative estimate of drug-likeness (QED) is 0.411. The summed E-state index contributed by atoms with van der Waals surface area (Å²) >= 11 is 0. The van der Waals surface area contributed by atoms with Gasteiger partial charge in [0.2, 0.25) is 17.7 Å². The summed E-state index contributed by atoms with van der Waals surface area (Å²) in [5.74, 6) is 1.41. The normalized spacial score (nSPS) is 44.3. The summed E-state index contributed by atoms with van der Waals surface area (Å²) in [6.45, 7) is 4.54. The highest BCUT2D eigenvalue weighted by atomic mass is 16.5. The molecular formula is C31H51N4O6+. The second kappa shape index (κ2) is 12.1. The van der Waals surface area contributed by atoms with E-state index in [2.05, 4.69) is 20.9 Å². The van der Waals surface area contributed by atoms with Crippen molar-refractivity contribution >= 4 is 17.7 Å². The van der Waals surface area contributed by atoms with E-state index in [0.29, 0.717) is 29.8 Å². The monoisotopic (exact) mass is 575 g/mol. The molecular weight excluding hydrogens is 524 g/mol. The number of nitrogens with zero attached hydrogens (tertiary/aromatic N) is 1. The molecule has 6 aliphatic rings. The lowest BCUT2D eigenvalue weighted by Crippen LogP contribution is -2.99. The highest BCUT2D eigenvalue weighted by Gasteiger charge is 2.66. The predicted molar refractivity (Wildman–Crippen MR) is 151 cm³/mol. The van der Waals surface area contributed by atoms with Crippen LogP contribution in [0.1, 0.15) is 78.1 Å². The van der Waals surface area contributed by atoms with Gasteiger partial charge in [0.1, 0.15) is 12.1 Å². The molecule has 4 N–H and O–H groups in total. The van der Waals surface area contributed by atoms with Gasteiger partial charge in [-0.2, -0.15) is 0 Å². The smallest absolute Gasteiger partial charge is 0.249 e. The van der Waals surface area contributed by atoms with E-state index in [1.54, 1.807) is 21.1 Å². The van der Waals surface area contributed by atoms with Crippen LogP contribution in [0.5, 0.6) is 0 Å². The highest BCUT2D eigenvalue weighted by Crippen LogP contribution is 2.53. The molecule has 0 aromatic carbocycles. The highest BCUT2D eigenvalue weighted by molar-refractivity contribution is 5.83. The van der Waals surface area contributed by atoms with Crippen molar-refractivity contribution in [2.24, 2.45) is 23.7 Å². The Kier molecular flexibility index (Phi) is 8.65. The van der Waals surface area contributed by atoms with Crippen LogP contribution in [-0.2, 0) is 28.6 Å². The predicted octanol–water partition coefficient (Wildman–Crippen LogP) is 0.725. The molecule has 6 fully saturated rings. The van der Waals surface area contributed by atoms with E-state index >= 15 is 0 Å². The number of rotatable bonds is 7. The average Bonchev–Trinajstić information content (AvgIpc) is 3.30. The third-order valence-corrected chi connectivity index (χ3v) is 11.6. The lowest BCUT2D eigenvalue weighted by molar-refractivity contribution is -0.713. The third-order valence-electron chi connectivity index (χ3n) is 11.6. The van der Waals surface area contributed by atoms with Crippen molar-refractivity contribution in [2.75, 3.05) is 20.8 Å². The Morgan fingerprint density at radius 3 is 2.32 bits per heavy atom. The zero-order chi connectivity index (χ0) is 28.8. The molecule has 6 rings (SSSR count). The Balaban J connectivity index is 1.08. The lowest BCUT2D eigenvalue weighted by atomic mass is 9.64. The van der Waals surface area contributed by atoms with Crippen LogP contribution in [0, 0.1) is 23.7 Å². The van der Waals surface area contributed by atoms with Crippen LogP contribution in [0.4, 0.5) is 0 Å². The summed E-state index contributed by atoms with van der Waals surface area (Å²) in [7, 11) is 3.47. The number of carbonyl (C=O) groups is 3. The average molecular weight is 576 g/mol. The number of carbonyl (C=O) groups excluding carboxylic acids is 3. The van der Waals surface area contributed by atoms with Gasteiger partial charge in [0.25, 0.3) is 0 Å². The number of hydrogen-bond acceptors (Lipinski definition) is 6. The molecule has 3 aliphatic carbocycles. The van der Waals surface area contributed by atoms with Gasteiger partial charge in [0.15, 0.2) is 0 Å². The fraction of sp³-hybridized carbons (Fsp3) is 0.903. The van der Waals surface area contributed by atoms with Crippen molar-refractivity contribution in [1.29, 1.82) is 0 Å². The van der Waals surface area contributed by atoms with Crippen LogP contribution in [0.3, 0.4) is 0 Å². The Morgan fingerprint density at radius 2 is 1.63 bits per heavy atom. The molecule has 10 heteroatoms. The number of fused-ring (bicyclic) bond motifs is 5. The maximum atomic E-state index is 14.2. The molecule has 0 radical (unpaired) electrons. The van der Waals surface area contributed by atoms with Gasteiger partial charge >= 0.3 is 0 Å². The minimum absolute atomic E-state index is 0.0102. The van der Waals surface area contributed by atoms with E-state index in [1.165, 1.54) is 0 Å². The van der Waals surface area contributed by atoms with Crippen molar-refractivity contribution in [3.63, 3.8) is 0 Å². The molecule has 0 aromatic rings. The number of hydrogen-bond donors (Lipinski definition) is 3. The van der Waals surface area contributed by atoms with Gasteiger partial charge in [-0.3, -0.25) is 14.4 Å². The Morgan fingerprint density at radius 1 is 0.902 bits per heavy atom. The first kappa shape index (κ1) is 29.3. The van der Waals surface area contributed by atoms with Crippen LogP contribution >= 0.6 is 0 Å². The fourth-order valence-corrected chi connectivity index (χ4v) is 9.97. The van der Waals surface area contributed by atoms with Crippen LogP contribution in [0.2, 0.25) is 0 Å². The number of amides is 3. The van der Waals surface area contributed by atoms with Gasteiger partial charge in [0.05, 0.1) is 36.8 Å². The Hall–Kier alpha value is -1.75. The number of nitrogens with one attached hydrogen (secondary N) is 2. The summed E-state index contributed by atoms with van der Waals surface area (Å²) in [4.78, 5) is 41.0. The Bertz CT molecular complexity index is 988. The first-order valence-corrected chi connectivity index (χ1v) is 16.2. The second-order valence-electron chi connectivity index (χ2n) is 13.7. The standard InChI is InChI=1S/C31H50N4O6/c1-16(30(37)34-19-7-5-18(6-8-19)33-17(2)36)41-20-9-11-24-23(15-20)21-13-14-32-27-22-10-12-25(39-3)29(40-4)26(22)31(38)35(24)28(21)27/h16,18-29,32H,5-15H2,1-4H3,(H,33,36)(H,34,37)/p+1. The number of nitrogens with two attached hydrogens (primary N) is 1. The molecule has 3 aliphatic heterocycles. The largest absolute Gasteiger partial charge is 0.379 e. The Labute approximate surface area is 244 Å². The van der Waals surface area contributed by atoms with Gasteiger partial charge in [-0.15, -0.1) is 0 Å². The van der Waals surface area contributed by atoms with Crippen molar-refractivity contribution in [3.8, 4) is 0 Å². The molecule has 10 nitrogen and oxygen atoms in total. The topological polar surface area (TPSA) is 123 Å². The van der Waals surface area contributed by atoms with E-state index in [4.69, 9.17) is 14.2 Å². The van der Waals surface area contributed by atoms with Gasteiger partial charge in [-0.25, -0.2) is 0 Å². The molecule has 0 spiro atoms. The van der Waals surface area contributed by atoms with E-state index in [9.17, 15) is 14.4 Å². The molecule has 11 atom stereocenters. The van der Waals surface area contributed by atoms with E-state index in [0.717, 1.165) is 70.8 Å². The first-order chi connectivity index (χ1) is 19.8. The molecule has 3 saturated heterocycles. The van der Waals surface area contributed by atoms with Gasteiger partial charge in [-0.1, -0.05) is 0 Å². The van der Waals surface area contributed by atoms with Crippen LogP contribution in [0.25, 0.3) is 0 Å². The summed E-state index contributed by atoms with van der Waals surface area (Å²) in [6.07, 6.45) is 8.71. The maximum Gasteiger partial charge on any atom is 0.249 e. The van der Waals surface area contributed by atoms with Crippen LogP contribution < -0.4 is 16.0 Å². The van der Waals surface area contributed by atoms with Crippen molar-refractivity contribution in [1.82, 2.24) is 15.5 Å². The van der Waals surface area contributed by atoms with Crippen molar-refractivity contribution < 1.29 is 33.9 Å². The minimum Gasteiger partial charge on any atom is -0.379 e. The zero-order valence-electron chi connectivity index (χ0n) is 25.3. The van der Waals surface area contributed by atoms with E-state index in [1.807, 2.05) is 6.92 Å². The maximum absolute atomic E-state index is 14.2. The summed E-state index contributed by atoms with van der Waals surface area (Å²) in [5.41, 5.74) is 0. The van der Waals surface area contributed by atoms with Crippen LogP contribution in [-0.4, -0.2) is 98.0 Å². The second-order valence-corrected chi connectivity index (χ2v) is 13.7. The first-order valence-electron chi connectivity index (χ1n) is 16.2. The fourth-order valence-electron chi connectivity index (χ4n) is 9.97. The number of quaternary nitrogens is 1. The van der Waals surface area contributed by atoms with Crippen molar-refractivity contribution in [3.05, 3.63) is 0 Å². The lowest BCUT2D eigenvalue weighted by Gasteiger charge is -2.53. The van der Waals surface area contributed by atoms with E-state index in [-0.39, 0.29) is 60.1 Å². The number of ether oxygens (including phenoxy) is 3. The van der Waals surface area contributed by atoms with Gasteiger partial charge in [-0.05, 0) is 76.5 Å². The molecule has 0 bridgehead atoms. The minimum atomic E-state index is -0.501. The summed E-state index contributed by atoms with van der Waals surface area (Å²) < 4.78 is 18.2. The third kappa shape index (κ3) is 5.43. The molecule has 230 valence electrons. The molecule has 11 unspecified atom stereocenters. The van der Waals surface area contributed by atoms with Crippen molar-refractivity contribution in [2.45, 2.75) is 133 Å². The van der Waals surface area contributed by atoms with E-state index < -0.39 is 6.10 Å². The SMILES string of the molecule is COC1CCC2C3[NH2+]CCC4C5CC(OC(C)C(=O)NC6CCC(NC(C)=O)CC6)CCC5N(C(=O)C2C1OC)C43. The van der Waals surface area contributed by atoms with Gasteiger partial charge in [0, 0.05) is 51.6 Å². The number of methoxy groups -OCH3 is 2. The zero-order valence-corrected chi connectivity index (χ0v) is 25.3. The molecule has 41 heavy (non-hydrogen) atoms.